The van der Waals surface area contributed by atoms with Gasteiger partial charge in [-0.1, -0.05) is 60.7 Å². The van der Waals surface area contributed by atoms with Gasteiger partial charge in [-0.15, -0.1) is 0 Å². The van der Waals surface area contributed by atoms with E-state index in [0.717, 1.165) is 12.8 Å². The Labute approximate surface area is 108 Å². The standard InChI is InChI=1S/C17H18O/c18-12-11-16-13-17(16,14-7-3-1-4-8-14)15-9-5-2-6-10-15/h1-10,16,18H,11-13H2. The lowest BCUT2D eigenvalue weighted by Gasteiger charge is -2.18. The van der Waals surface area contributed by atoms with Crippen molar-refractivity contribution in [2.24, 2.45) is 5.92 Å². The van der Waals surface area contributed by atoms with Crippen LogP contribution >= 0.6 is 0 Å². The van der Waals surface area contributed by atoms with Crippen LogP contribution in [-0.4, -0.2) is 11.7 Å². The van der Waals surface area contributed by atoms with Crippen LogP contribution in [0, 0.1) is 5.92 Å². The predicted octanol–water partition coefficient (Wildman–Crippen LogP) is 3.38. The molecular formula is C17H18O. The van der Waals surface area contributed by atoms with Crippen molar-refractivity contribution in [2.45, 2.75) is 18.3 Å². The van der Waals surface area contributed by atoms with Gasteiger partial charge in [-0.25, -0.2) is 0 Å². The van der Waals surface area contributed by atoms with Gasteiger partial charge >= 0.3 is 0 Å². The zero-order valence-electron chi connectivity index (χ0n) is 10.4. The van der Waals surface area contributed by atoms with Gasteiger partial charge in [0.1, 0.15) is 0 Å². The summed E-state index contributed by atoms with van der Waals surface area (Å²) >= 11 is 0. The van der Waals surface area contributed by atoms with Gasteiger partial charge in [-0.2, -0.15) is 0 Å². The largest absolute Gasteiger partial charge is 0.396 e. The van der Waals surface area contributed by atoms with Gasteiger partial charge in [0.2, 0.25) is 0 Å². The maximum atomic E-state index is 9.20. The maximum absolute atomic E-state index is 9.20. The third-order valence-electron chi connectivity index (χ3n) is 4.16. The molecule has 0 radical (unpaired) electrons. The molecule has 1 heteroatoms. The van der Waals surface area contributed by atoms with E-state index in [4.69, 9.17) is 0 Å². The quantitative estimate of drug-likeness (QED) is 0.865. The third-order valence-corrected chi connectivity index (χ3v) is 4.16. The van der Waals surface area contributed by atoms with E-state index in [1.54, 1.807) is 0 Å². The fraction of sp³-hybridized carbons (Fsp3) is 0.294. The second-order valence-electron chi connectivity index (χ2n) is 5.12. The van der Waals surface area contributed by atoms with Crippen LogP contribution in [0.25, 0.3) is 0 Å². The summed E-state index contributed by atoms with van der Waals surface area (Å²) in [5.41, 5.74) is 2.91. The Morgan fingerprint density at radius 2 is 1.39 bits per heavy atom. The summed E-state index contributed by atoms with van der Waals surface area (Å²) in [5.74, 6) is 0.576. The second kappa shape index (κ2) is 4.58. The summed E-state index contributed by atoms with van der Waals surface area (Å²) in [6.07, 6.45) is 2.05. The van der Waals surface area contributed by atoms with Crippen LogP contribution in [0.1, 0.15) is 24.0 Å². The van der Waals surface area contributed by atoms with Crippen molar-refractivity contribution in [3.05, 3.63) is 71.8 Å². The molecule has 1 unspecified atom stereocenters. The Hall–Kier alpha value is -1.60. The van der Waals surface area contributed by atoms with Crippen molar-refractivity contribution in [3.8, 4) is 0 Å². The van der Waals surface area contributed by atoms with Crippen molar-refractivity contribution in [1.29, 1.82) is 0 Å². The van der Waals surface area contributed by atoms with Crippen molar-refractivity contribution < 1.29 is 5.11 Å². The van der Waals surface area contributed by atoms with Crippen molar-refractivity contribution in [1.82, 2.24) is 0 Å². The molecule has 1 N–H and O–H groups in total. The van der Waals surface area contributed by atoms with Crippen LogP contribution in [0.4, 0.5) is 0 Å². The van der Waals surface area contributed by atoms with Gasteiger partial charge in [-0.3, -0.25) is 0 Å². The topological polar surface area (TPSA) is 20.2 Å². The Balaban J connectivity index is 2.02. The minimum atomic E-state index is 0.144. The molecule has 1 nitrogen and oxygen atoms in total. The van der Waals surface area contributed by atoms with Gasteiger partial charge in [0.15, 0.2) is 0 Å². The number of rotatable bonds is 4. The average molecular weight is 238 g/mol. The lowest BCUT2D eigenvalue weighted by Crippen LogP contribution is -2.12. The van der Waals surface area contributed by atoms with E-state index in [0.29, 0.717) is 5.92 Å². The zero-order valence-corrected chi connectivity index (χ0v) is 10.4. The monoisotopic (exact) mass is 238 g/mol. The first-order valence-electron chi connectivity index (χ1n) is 6.60. The average Bonchev–Trinajstić information content (AvgIpc) is 3.17. The zero-order chi connectivity index (χ0) is 12.4. The Morgan fingerprint density at radius 3 is 1.83 bits per heavy atom. The Morgan fingerprint density at radius 1 is 0.889 bits per heavy atom. The first-order valence-corrected chi connectivity index (χ1v) is 6.60. The highest BCUT2D eigenvalue weighted by Gasteiger charge is 2.55. The summed E-state index contributed by atoms with van der Waals surface area (Å²) in [7, 11) is 0. The van der Waals surface area contributed by atoms with E-state index in [2.05, 4.69) is 60.7 Å². The molecule has 3 rings (SSSR count). The van der Waals surface area contributed by atoms with Crippen LogP contribution in [0.5, 0.6) is 0 Å². The van der Waals surface area contributed by atoms with Gasteiger partial charge in [-0.05, 0) is 29.9 Å². The number of benzene rings is 2. The number of hydrogen-bond acceptors (Lipinski definition) is 1. The Kier molecular flexibility index (Phi) is 2.92. The first-order chi connectivity index (χ1) is 8.88. The predicted molar refractivity (Wildman–Crippen MR) is 73.5 cm³/mol. The van der Waals surface area contributed by atoms with E-state index < -0.39 is 0 Å². The van der Waals surface area contributed by atoms with Crippen molar-refractivity contribution in [3.63, 3.8) is 0 Å². The second-order valence-corrected chi connectivity index (χ2v) is 5.12. The van der Waals surface area contributed by atoms with Crippen LogP contribution in [0.2, 0.25) is 0 Å². The highest BCUT2D eigenvalue weighted by molar-refractivity contribution is 5.46. The van der Waals surface area contributed by atoms with E-state index >= 15 is 0 Å². The van der Waals surface area contributed by atoms with Crippen LogP contribution < -0.4 is 0 Å². The summed E-state index contributed by atoms with van der Waals surface area (Å²) < 4.78 is 0. The normalized spacial score (nSPS) is 20.6. The lowest BCUT2D eigenvalue weighted by molar-refractivity contribution is 0.276. The molecule has 0 aliphatic heterocycles. The van der Waals surface area contributed by atoms with Gasteiger partial charge in [0, 0.05) is 12.0 Å². The molecule has 0 heterocycles. The Bertz CT molecular complexity index is 464. The van der Waals surface area contributed by atoms with E-state index in [1.165, 1.54) is 11.1 Å². The smallest absolute Gasteiger partial charge is 0.0434 e. The highest BCUT2D eigenvalue weighted by Crippen LogP contribution is 2.60. The molecule has 18 heavy (non-hydrogen) atoms. The molecule has 0 saturated heterocycles. The van der Waals surface area contributed by atoms with Crippen LogP contribution in [0.15, 0.2) is 60.7 Å². The SMILES string of the molecule is OCCC1CC1(c1ccccc1)c1ccccc1. The molecule has 1 aliphatic rings. The third kappa shape index (κ3) is 1.75. The summed E-state index contributed by atoms with van der Waals surface area (Å²) in [5, 5.41) is 9.20. The van der Waals surface area contributed by atoms with E-state index in [1.807, 2.05) is 0 Å². The maximum Gasteiger partial charge on any atom is 0.0434 e. The van der Waals surface area contributed by atoms with Crippen molar-refractivity contribution >= 4 is 0 Å². The highest BCUT2D eigenvalue weighted by atomic mass is 16.3. The van der Waals surface area contributed by atoms with E-state index in [9.17, 15) is 5.11 Å². The molecule has 0 amide bonds. The van der Waals surface area contributed by atoms with Crippen molar-refractivity contribution in [2.75, 3.05) is 6.61 Å². The molecule has 0 bridgehead atoms. The first kappa shape index (κ1) is 11.5. The molecule has 2 aromatic carbocycles. The summed E-state index contributed by atoms with van der Waals surface area (Å²) in [4.78, 5) is 0. The molecule has 0 aromatic heterocycles. The van der Waals surface area contributed by atoms with Gasteiger partial charge in [0.25, 0.3) is 0 Å². The number of aliphatic hydroxyl groups excluding tert-OH is 1. The molecular weight excluding hydrogens is 220 g/mol. The van der Waals surface area contributed by atoms with Gasteiger partial charge in [0.05, 0.1) is 0 Å². The minimum absolute atomic E-state index is 0.144. The molecule has 2 aromatic rings. The lowest BCUT2D eigenvalue weighted by atomic mass is 9.85. The minimum Gasteiger partial charge on any atom is -0.396 e. The summed E-state index contributed by atoms with van der Waals surface area (Å²) in [6, 6.07) is 21.4. The molecule has 1 saturated carbocycles. The fourth-order valence-corrected chi connectivity index (χ4v) is 3.18. The molecule has 1 atom stereocenters. The number of aliphatic hydroxyl groups is 1. The molecule has 1 aliphatic carbocycles. The molecule has 1 fully saturated rings. The van der Waals surface area contributed by atoms with Crippen LogP contribution in [0.3, 0.4) is 0 Å². The number of hydrogen-bond donors (Lipinski definition) is 1. The van der Waals surface area contributed by atoms with Gasteiger partial charge < -0.3 is 5.11 Å². The molecule has 0 spiro atoms. The van der Waals surface area contributed by atoms with Crippen LogP contribution in [-0.2, 0) is 5.41 Å². The van der Waals surface area contributed by atoms with E-state index in [-0.39, 0.29) is 12.0 Å². The molecule has 92 valence electrons. The summed E-state index contributed by atoms with van der Waals surface area (Å²) in [6.45, 7) is 0.284. The fourth-order valence-electron chi connectivity index (χ4n) is 3.18.